The van der Waals surface area contributed by atoms with Crippen LogP contribution in [0.1, 0.15) is 6.42 Å². The van der Waals surface area contributed by atoms with E-state index in [1.807, 2.05) is 0 Å². The molecule has 0 aliphatic carbocycles. The third-order valence-electron chi connectivity index (χ3n) is 0.592. The fraction of sp³-hybridized carbons (Fsp3) is 1.00. The third kappa shape index (κ3) is 4.78. The van der Waals surface area contributed by atoms with Gasteiger partial charge in [-0.15, -0.1) is 0 Å². The molecule has 3 heteroatoms. The molecule has 0 radical (unpaired) electrons. The van der Waals surface area contributed by atoms with Gasteiger partial charge < -0.3 is 4.74 Å². The van der Waals surface area contributed by atoms with Gasteiger partial charge in [-0.05, 0) is 6.42 Å². The van der Waals surface area contributed by atoms with Crippen LogP contribution in [-0.4, -0.2) is 17.5 Å². The quantitative estimate of drug-likeness (QED) is 0.677. The van der Waals surface area contributed by atoms with E-state index in [-0.39, 0.29) is 5.01 Å². The fourth-order valence-electron chi connectivity index (χ4n) is 0.204. The van der Waals surface area contributed by atoms with E-state index in [1.54, 1.807) is 7.11 Å². The second-order valence-electron chi connectivity index (χ2n) is 1.12. The lowest BCUT2D eigenvalue weighted by molar-refractivity contribution is 0.177. The molecule has 7 heavy (non-hydrogen) atoms. The zero-order valence-electron chi connectivity index (χ0n) is 4.16. The summed E-state index contributed by atoms with van der Waals surface area (Å²) in [6, 6.07) is 0. The standard InChI is InChI=1S/C4H8Br2O/c1-7-4(6)2-3-5/h4H,2-3H2,1H3. The molecule has 1 atom stereocenters. The summed E-state index contributed by atoms with van der Waals surface area (Å²) in [7, 11) is 1.68. The molecule has 0 N–H and O–H groups in total. The van der Waals surface area contributed by atoms with Gasteiger partial charge in [0.1, 0.15) is 5.01 Å². The van der Waals surface area contributed by atoms with E-state index in [0.717, 1.165) is 11.8 Å². The van der Waals surface area contributed by atoms with Crippen LogP contribution in [0, 0.1) is 0 Å². The molecule has 0 heterocycles. The van der Waals surface area contributed by atoms with Crippen molar-refractivity contribution in [1.29, 1.82) is 0 Å². The maximum atomic E-state index is 4.88. The summed E-state index contributed by atoms with van der Waals surface area (Å²) in [5.41, 5.74) is 0. The van der Waals surface area contributed by atoms with Crippen molar-refractivity contribution in [2.75, 3.05) is 12.4 Å². The molecule has 0 amide bonds. The molecule has 0 aromatic carbocycles. The summed E-state index contributed by atoms with van der Waals surface area (Å²) in [4.78, 5) is 0. The summed E-state index contributed by atoms with van der Waals surface area (Å²) in [5, 5.41) is 1.20. The SMILES string of the molecule is COC(Br)CCBr. The Morgan fingerprint density at radius 1 is 1.71 bits per heavy atom. The number of hydrogen-bond donors (Lipinski definition) is 0. The highest BCUT2D eigenvalue weighted by atomic mass is 79.9. The first-order valence-electron chi connectivity index (χ1n) is 2.04. The number of rotatable bonds is 3. The molecule has 0 rings (SSSR count). The maximum absolute atomic E-state index is 4.88. The smallest absolute Gasteiger partial charge is 0.112 e. The first-order valence-corrected chi connectivity index (χ1v) is 4.07. The Morgan fingerprint density at radius 3 is 2.43 bits per heavy atom. The summed E-state index contributed by atoms with van der Waals surface area (Å²) >= 11 is 6.57. The molecule has 44 valence electrons. The first-order chi connectivity index (χ1) is 3.31. The van der Waals surface area contributed by atoms with Crippen LogP contribution < -0.4 is 0 Å². The van der Waals surface area contributed by atoms with Crippen LogP contribution in [0.4, 0.5) is 0 Å². The van der Waals surface area contributed by atoms with Crippen LogP contribution in [0.2, 0.25) is 0 Å². The van der Waals surface area contributed by atoms with Crippen LogP contribution in [0.25, 0.3) is 0 Å². The molecule has 1 unspecified atom stereocenters. The number of ether oxygens (including phenoxy) is 1. The normalized spacial score (nSPS) is 14.1. The van der Waals surface area contributed by atoms with Crippen LogP contribution >= 0.6 is 31.9 Å². The van der Waals surface area contributed by atoms with Crippen LogP contribution in [0.3, 0.4) is 0 Å². The van der Waals surface area contributed by atoms with Gasteiger partial charge in [0, 0.05) is 12.4 Å². The molecular formula is C4H8Br2O. The Bertz CT molecular complexity index is 40.7. The van der Waals surface area contributed by atoms with Gasteiger partial charge in [-0.3, -0.25) is 0 Å². The van der Waals surface area contributed by atoms with E-state index < -0.39 is 0 Å². The lowest BCUT2D eigenvalue weighted by Crippen LogP contribution is -1.99. The molecule has 0 bridgehead atoms. The van der Waals surface area contributed by atoms with Crippen molar-refractivity contribution < 1.29 is 4.74 Å². The van der Waals surface area contributed by atoms with E-state index in [0.29, 0.717) is 0 Å². The second kappa shape index (κ2) is 5.06. The van der Waals surface area contributed by atoms with Crippen molar-refractivity contribution in [2.24, 2.45) is 0 Å². The predicted molar refractivity (Wildman–Crippen MR) is 38.1 cm³/mol. The summed E-state index contributed by atoms with van der Waals surface area (Å²) in [5.74, 6) is 0. The van der Waals surface area contributed by atoms with Gasteiger partial charge in [-0.25, -0.2) is 0 Å². The van der Waals surface area contributed by atoms with Crippen molar-refractivity contribution >= 4 is 31.9 Å². The summed E-state index contributed by atoms with van der Waals surface area (Å²) in [6.07, 6.45) is 1.01. The van der Waals surface area contributed by atoms with Crippen molar-refractivity contribution in [3.05, 3.63) is 0 Å². The van der Waals surface area contributed by atoms with Gasteiger partial charge in [0.25, 0.3) is 0 Å². The van der Waals surface area contributed by atoms with Gasteiger partial charge in [-0.1, -0.05) is 31.9 Å². The third-order valence-corrected chi connectivity index (χ3v) is 1.88. The topological polar surface area (TPSA) is 9.23 Å². The Labute approximate surface area is 60.7 Å². The number of halogens is 2. The van der Waals surface area contributed by atoms with E-state index >= 15 is 0 Å². The first kappa shape index (κ1) is 7.92. The van der Waals surface area contributed by atoms with Gasteiger partial charge in [0.2, 0.25) is 0 Å². The van der Waals surface area contributed by atoms with Gasteiger partial charge in [-0.2, -0.15) is 0 Å². The van der Waals surface area contributed by atoms with Crippen molar-refractivity contribution in [1.82, 2.24) is 0 Å². The van der Waals surface area contributed by atoms with E-state index in [1.165, 1.54) is 0 Å². The molecule has 0 spiro atoms. The lowest BCUT2D eigenvalue weighted by atomic mass is 10.5. The van der Waals surface area contributed by atoms with Crippen LogP contribution in [0.15, 0.2) is 0 Å². The molecule has 0 aliphatic heterocycles. The number of alkyl halides is 2. The minimum atomic E-state index is 0.215. The lowest BCUT2D eigenvalue weighted by Gasteiger charge is -2.01. The zero-order valence-corrected chi connectivity index (χ0v) is 7.33. The van der Waals surface area contributed by atoms with E-state index in [2.05, 4.69) is 31.9 Å². The monoisotopic (exact) mass is 230 g/mol. The molecule has 0 fully saturated rings. The molecule has 1 nitrogen and oxygen atoms in total. The summed E-state index contributed by atoms with van der Waals surface area (Å²) in [6.45, 7) is 0. The minimum Gasteiger partial charge on any atom is -0.370 e. The number of hydrogen-bond acceptors (Lipinski definition) is 1. The van der Waals surface area contributed by atoms with Crippen molar-refractivity contribution in [3.63, 3.8) is 0 Å². The predicted octanol–water partition coefficient (Wildman–Crippen LogP) is 2.14. The van der Waals surface area contributed by atoms with Crippen LogP contribution in [-0.2, 0) is 4.74 Å². The van der Waals surface area contributed by atoms with Gasteiger partial charge in [0.15, 0.2) is 0 Å². The Balaban J connectivity index is 2.83. The maximum Gasteiger partial charge on any atom is 0.112 e. The molecule has 0 saturated carbocycles. The zero-order chi connectivity index (χ0) is 5.70. The Morgan fingerprint density at radius 2 is 2.29 bits per heavy atom. The molecule has 0 aliphatic rings. The fourth-order valence-corrected chi connectivity index (χ4v) is 1.46. The van der Waals surface area contributed by atoms with Gasteiger partial charge >= 0.3 is 0 Å². The average Bonchev–Trinajstić information content (AvgIpc) is 1.68. The largest absolute Gasteiger partial charge is 0.370 e. The highest BCUT2D eigenvalue weighted by Crippen LogP contribution is 2.05. The minimum absolute atomic E-state index is 0.215. The van der Waals surface area contributed by atoms with E-state index in [9.17, 15) is 0 Å². The van der Waals surface area contributed by atoms with Crippen molar-refractivity contribution in [3.8, 4) is 0 Å². The average molecular weight is 232 g/mol. The second-order valence-corrected chi connectivity index (χ2v) is 2.94. The molecule has 0 saturated heterocycles. The molecule has 0 aromatic rings. The Kier molecular flexibility index (Phi) is 5.73. The van der Waals surface area contributed by atoms with Crippen molar-refractivity contribution in [2.45, 2.75) is 11.4 Å². The number of methoxy groups -OCH3 is 1. The van der Waals surface area contributed by atoms with Gasteiger partial charge in [0.05, 0.1) is 0 Å². The van der Waals surface area contributed by atoms with Crippen LogP contribution in [0.5, 0.6) is 0 Å². The Hall–Kier alpha value is 0.920. The molecule has 0 aromatic heterocycles. The molecular weight excluding hydrogens is 224 g/mol. The highest BCUT2D eigenvalue weighted by molar-refractivity contribution is 9.10. The van der Waals surface area contributed by atoms with E-state index in [4.69, 9.17) is 4.74 Å². The summed E-state index contributed by atoms with van der Waals surface area (Å²) < 4.78 is 4.88. The highest BCUT2D eigenvalue weighted by Gasteiger charge is 1.95.